The second-order valence-corrected chi connectivity index (χ2v) is 8.38. The summed E-state index contributed by atoms with van der Waals surface area (Å²) in [6.07, 6.45) is 2.28. The van der Waals surface area contributed by atoms with Crippen LogP contribution in [0, 0.1) is 5.41 Å². The van der Waals surface area contributed by atoms with E-state index in [1.165, 1.54) is 6.21 Å². The van der Waals surface area contributed by atoms with Crippen LogP contribution < -0.4 is 16.4 Å². The molecule has 0 aliphatic heterocycles. The fourth-order valence-electron chi connectivity index (χ4n) is 2.96. The minimum Gasteiger partial charge on any atom is -0.444 e. The summed E-state index contributed by atoms with van der Waals surface area (Å²) in [5.41, 5.74) is 8.99. The Morgan fingerprint density at radius 2 is 1.97 bits per heavy atom. The van der Waals surface area contributed by atoms with E-state index in [4.69, 9.17) is 15.9 Å². The van der Waals surface area contributed by atoms with Crippen LogP contribution in [0.2, 0.25) is 0 Å². The Bertz CT molecular complexity index is 1120. The van der Waals surface area contributed by atoms with Crippen molar-refractivity contribution in [1.29, 1.82) is 5.41 Å². The van der Waals surface area contributed by atoms with Gasteiger partial charge in [-0.1, -0.05) is 18.2 Å². The van der Waals surface area contributed by atoms with Crippen molar-refractivity contribution in [3.05, 3.63) is 65.9 Å². The number of aromatic nitrogens is 2. The van der Waals surface area contributed by atoms with E-state index in [1.807, 2.05) is 31.2 Å². The van der Waals surface area contributed by atoms with Gasteiger partial charge in [-0.2, -0.15) is 0 Å². The minimum absolute atomic E-state index is 0.0800. The Balaban J connectivity index is 1.79. The molecule has 32 heavy (non-hydrogen) atoms. The van der Waals surface area contributed by atoms with Crippen LogP contribution in [0.4, 0.5) is 22.0 Å². The molecule has 0 saturated heterocycles. The van der Waals surface area contributed by atoms with Gasteiger partial charge < -0.3 is 21.2 Å². The molecule has 3 aromatic rings. The van der Waals surface area contributed by atoms with Crippen molar-refractivity contribution in [2.24, 2.45) is 5.73 Å². The van der Waals surface area contributed by atoms with E-state index >= 15 is 0 Å². The Morgan fingerprint density at radius 1 is 1.19 bits per heavy atom. The van der Waals surface area contributed by atoms with Crippen molar-refractivity contribution in [1.82, 2.24) is 9.97 Å². The molecular weight excluding hydrogens is 404 g/mol. The monoisotopic (exact) mass is 432 g/mol. The third-order valence-corrected chi connectivity index (χ3v) is 4.44. The van der Waals surface area contributed by atoms with Crippen molar-refractivity contribution in [2.75, 3.05) is 10.6 Å². The average Bonchev–Trinajstić information content (AvgIpc) is 2.73. The van der Waals surface area contributed by atoms with Crippen LogP contribution in [0.25, 0.3) is 11.4 Å². The maximum atomic E-state index is 12.1. The summed E-state index contributed by atoms with van der Waals surface area (Å²) in [6, 6.07) is 14.8. The van der Waals surface area contributed by atoms with E-state index < -0.39 is 11.7 Å². The predicted molar refractivity (Wildman–Crippen MR) is 128 cm³/mol. The number of nitrogens with two attached hydrogens (primary N) is 1. The summed E-state index contributed by atoms with van der Waals surface area (Å²) in [7, 11) is 0. The van der Waals surface area contributed by atoms with E-state index in [0.717, 1.165) is 11.1 Å². The molecule has 3 rings (SSSR count). The number of hydrogen-bond donors (Lipinski definition) is 4. The topological polar surface area (TPSA) is 126 Å². The molecule has 0 saturated carbocycles. The number of hydrogen-bond acceptors (Lipinski definition) is 7. The summed E-state index contributed by atoms with van der Waals surface area (Å²) in [5, 5.41) is 13.6. The van der Waals surface area contributed by atoms with E-state index in [1.54, 1.807) is 51.2 Å². The molecule has 1 heterocycles. The molecule has 0 bridgehead atoms. The van der Waals surface area contributed by atoms with Gasteiger partial charge in [0, 0.05) is 35.3 Å². The highest BCUT2D eigenvalue weighted by molar-refractivity contribution is 5.95. The smallest absolute Gasteiger partial charge is 0.412 e. The lowest BCUT2D eigenvalue weighted by atomic mass is 10.1. The van der Waals surface area contributed by atoms with Crippen LogP contribution in [0.5, 0.6) is 0 Å². The molecule has 5 N–H and O–H groups in total. The Morgan fingerprint density at radius 3 is 2.66 bits per heavy atom. The average molecular weight is 433 g/mol. The molecule has 1 unspecified atom stereocenters. The number of carbonyl (C=O) groups is 1. The first-order chi connectivity index (χ1) is 15.1. The van der Waals surface area contributed by atoms with E-state index in [2.05, 4.69) is 20.6 Å². The molecule has 1 amide bonds. The van der Waals surface area contributed by atoms with E-state index in [0.29, 0.717) is 28.6 Å². The molecule has 0 radical (unpaired) electrons. The van der Waals surface area contributed by atoms with Gasteiger partial charge >= 0.3 is 6.09 Å². The van der Waals surface area contributed by atoms with Crippen molar-refractivity contribution in [3.8, 4) is 11.4 Å². The number of nitrogens with zero attached hydrogens (tertiary/aromatic N) is 2. The zero-order chi connectivity index (χ0) is 23.3. The molecule has 2 aromatic carbocycles. The molecule has 8 heteroatoms. The first kappa shape index (κ1) is 22.9. The highest BCUT2D eigenvalue weighted by atomic mass is 16.6. The zero-order valence-electron chi connectivity index (χ0n) is 18.6. The fraction of sp³-hybridized carbons (Fsp3) is 0.250. The first-order valence-electron chi connectivity index (χ1n) is 10.2. The standard InChI is InChI=1S/C24H28N6O2/c1-15(26)16-6-5-7-17(12-16)22-27-11-10-21(30-22)28-19-8-9-20(18(13-19)14-25)29-23(31)32-24(2,3)4/h5-15,25H,26H2,1-4H3,(H,29,31)(H,27,28,30). The summed E-state index contributed by atoms with van der Waals surface area (Å²) in [6.45, 7) is 7.31. The first-order valence-corrected chi connectivity index (χ1v) is 10.2. The maximum absolute atomic E-state index is 12.1. The molecular formula is C24H28N6O2. The van der Waals surface area contributed by atoms with E-state index in [9.17, 15) is 4.79 Å². The van der Waals surface area contributed by atoms with Crippen LogP contribution in [-0.4, -0.2) is 27.9 Å². The van der Waals surface area contributed by atoms with E-state index in [-0.39, 0.29) is 6.04 Å². The van der Waals surface area contributed by atoms with Crippen LogP contribution in [0.1, 0.15) is 44.9 Å². The van der Waals surface area contributed by atoms with Crippen molar-refractivity contribution >= 4 is 29.5 Å². The largest absolute Gasteiger partial charge is 0.444 e. The number of benzene rings is 2. The van der Waals surface area contributed by atoms with Crippen LogP contribution in [0.15, 0.2) is 54.7 Å². The number of amides is 1. The number of anilines is 3. The highest BCUT2D eigenvalue weighted by Crippen LogP contribution is 2.24. The number of ether oxygens (including phenoxy) is 1. The molecule has 0 aliphatic carbocycles. The van der Waals surface area contributed by atoms with Gasteiger partial charge in [-0.25, -0.2) is 14.8 Å². The van der Waals surface area contributed by atoms with Crippen LogP contribution in [0.3, 0.4) is 0 Å². The van der Waals surface area contributed by atoms with Gasteiger partial charge in [0.15, 0.2) is 5.82 Å². The van der Waals surface area contributed by atoms with Gasteiger partial charge in [-0.3, -0.25) is 5.32 Å². The SMILES string of the molecule is CC(N)c1cccc(-c2nccc(Nc3ccc(NC(=O)OC(C)(C)C)c(C=N)c3)n2)c1. The Hall–Kier alpha value is -3.78. The van der Waals surface area contributed by atoms with Gasteiger partial charge in [0.25, 0.3) is 0 Å². The second kappa shape index (κ2) is 9.57. The third kappa shape index (κ3) is 6.12. The van der Waals surface area contributed by atoms with Gasteiger partial charge in [0.05, 0.1) is 5.69 Å². The normalized spacial score (nSPS) is 12.0. The molecule has 1 aromatic heterocycles. The lowest BCUT2D eigenvalue weighted by Gasteiger charge is -2.20. The van der Waals surface area contributed by atoms with Crippen LogP contribution in [-0.2, 0) is 4.74 Å². The number of rotatable bonds is 6. The van der Waals surface area contributed by atoms with Crippen molar-refractivity contribution in [3.63, 3.8) is 0 Å². The number of carbonyl (C=O) groups excluding carboxylic acids is 1. The van der Waals surface area contributed by atoms with Crippen molar-refractivity contribution < 1.29 is 9.53 Å². The van der Waals surface area contributed by atoms with Crippen LogP contribution >= 0.6 is 0 Å². The highest BCUT2D eigenvalue weighted by Gasteiger charge is 2.17. The second-order valence-electron chi connectivity index (χ2n) is 8.38. The number of nitrogens with one attached hydrogen (secondary N) is 3. The molecule has 166 valence electrons. The molecule has 0 fully saturated rings. The predicted octanol–water partition coefficient (Wildman–Crippen LogP) is 5.25. The Kier molecular flexibility index (Phi) is 6.85. The van der Waals surface area contributed by atoms with Gasteiger partial charge in [-0.05, 0) is 63.6 Å². The summed E-state index contributed by atoms with van der Waals surface area (Å²) >= 11 is 0. The summed E-state index contributed by atoms with van der Waals surface area (Å²) < 4.78 is 5.28. The van der Waals surface area contributed by atoms with Gasteiger partial charge in [0.2, 0.25) is 0 Å². The summed E-state index contributed by atoms with van der Waals surface area (Å²) in [5.74, 6) is 1.18. The van der Waals surface area contributed by atoms with Gasteiger partial charge in [-0.15, -0.1) is 0 Å². The molecule has 8 nitrogen and oxygen atoms in total. The van der Waals surface area contributed by atoms with Crippen molar-refractivity contribution in [2.45, 2.75) is 39.3 Å². The molecule has 0 spiro atoms. The Labute approximate surface area is 187 Å². The maximum Gasteiger partial charge on any atom is 0.412 e. The zero-order valence-corrected chi connectivity index (χ0v) is 18.6. The lowest BCUT2D eigenvalue weighted by Crippen LogP contribution is -2.27. The third-order valence-electron chi connectivity index (χ3n) is 4.44. The quantitative estimate of drug-likeness (QED) is 0.394. The lowest BCUT2D eigenvalue weighted by molar-refractivity contribution is 0.0636. The minimum atomic E-state index is -0.608. The fourth-order valence-corrected chi connectivity index (χ4v) is 2.96. The summed E-state index contributed by atoms with van der Waals surface area (Å²) in [4.78, 5) is 21.0. The van der Waals surface area contributed by atoms with Gasteiger partial charge in [0.1, 0.15) is 11.4 Å². The molecule has 1 atom stereocenters. The molecule has 0 aliphatic rings.